The number of carbonyl (C=O) groups is 1. The van der Waals surface area contributed by atoms with Gasteiger partial charge in [-0.05, 0) is 18.8 Å². The maximum absolute atomic E-state index is 12.2. The third-order valence-electron chi connectivity index (χ3n) is 3.67. The topological polar surface area (TPSA) is 74.0 Å². The number of rotatable bonds is 4. The van der Waals surface area contributed by atoms with Gasteiger partial charge < -0.3 is 14.8 Å². The summed E-state index contributed by atoms with van der Waals surface area (Å²) in [5.74, 6) is 0.503. The average molecular weight is 289 g/mol. The molecule has 21 heavy (non-hydrogen) atoms. The first-order valence-corrected chi connectivity index (χ1v) is 7.51. The van der Waals surface area contributed by atoms with E-state index in [-0.39, 0.29) is 11.9 Å². The summed E-state index contributed by atoms with van der Waals surface area (Å²) in [6, 6.07) is 2.16. The van der Waals surface area contributed by atoms with E-state index < -0.39 is 0 Å². The number of nitrogens with zero attached hydrogens (tertiary/aromatic N) is 4. The first-order chi connectivity index (χ1) is 10.1. The Labute approximate surface area is 125 Å². The lowest BCUT2D eigenvalue weighted by molar-refractivity contribution is 0.176. The van der Waals surface area contributed by atoms with Crippen molar-refractivity contribution in [2.75, 3.05) is 13.1 Å². The van der Waals surface area contributed by atoms with E-state index in [1.165, 1.54) is 0 Å². The Hall–Kier alpha value is -2.03. The Bertz CT molecular complexity index is 516. The second kappa shape index (κ2) is 7.11. The molecule has 6 nitrogen and oxygen atoms in total. The predicted octanol–water partition coefficient (Wildman–Crippen LogP) is 1.98. The van der Waals surface area contributed by atoms with Crippen LogP contribution in [-0.2, 0) is 13.1 Å². The van der Waals surface area contributed by atoms with E-state index in [2.05, 4.69) is 34.8 Å². The fourth-order valence-corrected chi connectivity index (χ4v) is 2.60. The molecule has 0 saturated carbocycles. The molecule has 1 aliphatic rings. The van der Waals surface area contributed by atoms with Crippen LogP contribution in [0.15, 0.2) is 12.5 Å². The number of nitrogens with one attached hydrogen (secondary N) is 1. The van der Waals surface area contributed by atoms with Crippen LogP contribution < -0.4 is 5.32 Å². The summed E-state index contributed by atoms with van der Waals surface area (Å²) in [6.45, 7) is 6.93. The number of hydrogen-bond acceptors (Lipinski definition) is 3. The van der Waals surface area contributed by atoms with Crippen molar-refractivity contribution >= 4 is 6.03 Å². The molecule has 0 unspecified atom stereocenters. The summed E-state index contributed by atoms with van der Waals surface area (Å²) in [5, 5.41) is 11.9. The number of urea groups is 1. The van der Waals surface area contributed by atoms with E-state index in [1.807, 2.05) is 0 Å². The van der Waals surface area contributed by atoms with E-state index in [0.717, 1.165) is 31.6 Å². The first-order valence-electron chi connectivity index (χ1n) is 7.51. The van der Waals surface area contributed by atoms with Gasteiger partial charge in [0.1, 0.15) is 0 Å². The third-order valence-corrected chi connectivity index (χ3v) is 3.67. The van der Waals surface area contributed by atoms with Crippen molar-refractivity contribution in [1.29, 1.82) is 5.26 Å². The number of amides is 2. The van der Waals surface area contributed by atoms with Gasteiger partial charge >= 0.3 is 6.03 Å². The van der Waals surface area contributed by atoms with Crippen molar-refractivity contribution in [3.05, 3.63) is 18.2 Å². The van der Waals surface area contributed by atoms with Crippen LogP contribution in [0.2, 0.25) is 0 Å². The predicted molar refractivity (Wildman–Crippen MR) is 79.2 cm³/mol. The van der Waals surface area contributed by atoms with Gasteiger partial charge in [0.15, 0.2) is 0 Å². The zero-order chi connectivity index (χ0) is 15.2. The molecule has 2 heterocycles. The third kappa shape index (κ3) is 4.22. The van der Waals surface area contributed by atoms with Gasteiger partial charge in [0.05, 0.1) is 30.6 Å². The molecule has 1 aromatic heterocycles. The lowest BCUT2D eigenvalue weighted by Gasteiger charge is -2.29. The molecule has 0 bridgehead atoms. The number of carbonyl (C=O) groups excluding carboxylic acids is 1. The molecule has 2 amide bonds. The fraction of sp³-hybridized carbons (Fsp3) is 0.667. The molecule has 6 heteroatoms. The maximum atomic E-state index is 12.2. The van der Waals surface area contributed by atoms with Crippen LogP contribution in [0.4, 0.5) is 4.79 Å². The molecule has 0 radical (unpaired) electrons. The smallest absolute Gasteiger partial charge is 0.317 e. The van der Waals surface area contributed by atoms with Crippen LogP contribution in [0.1, 0.15) is 32.4 Å². The zero-order valence-electron chi connectivity index (χ0n) is 12.7. The van der Waals surface area contributed by atoms with Gasteiger partial charge in [0, 0.05) is 25.8 Å². The van der Waals surface area contributed by atoms with Gasteiger partial charge in [-0.1, -0.05) is 13.8 Å². The van der Waals surface area contributed by atoms with Crippen LogP contribution in [0.3, 0.4) is 0 Å². The Morgan fingerprint density at radius 1 is 1.62 bits per heavy atom. The van der Waals surface area contributed by atoms with Gasteiger partial charge in [0.2, 0.25) is 0 Å². The highest BCUT2D eigenvalue weighted by atomic mass is 16.2. The summed E-state index contributed by atoms with van der Waals surface area (Å²) < 4.78 is 2.07. The summed E-state index contributed by atoms with van der Waals surface area (Å²) in [6.07, 6.45) is 5.38. The van der Waals surface area contributed by atoms with E-state index >= 15 is 0 Å². The van der Waals surface area contributed by atoms with E-state index in [1.54, 1.807) is 17.4 Å². The Morgan fingerprint density at radius 3 is 3.14 bits per heavy atom. The molecular weight excluding hydrogens is 266 g/mol. The molecule has 1 atom stereocenters. The second-order valence-electron chi connectivity index (χ2n) is 6.00. The van der Waals surface area contributed by atoms with E-state index in [4.69, 9.17) is 5.26 Å². The van der Waals surface area contributed by atoms with Crippen LogP contribution in [0.25, 0.3) is 0 Å². The van der Waals surface area contributed by atoms with Crippen molar-refractivity contribution in [2.24, 2.45) is 11.8 Å². The number of aromatic nitrogens is 2. The molecule has 1 fully saturated rings. The van der Waals surface area contributed by atoms with Crippen LogP contribution >= 0.6 is 0 Å². The second-order valence-corrected chi connectivity index (χ2v) is 6.00. The number of piperidine rings is 1. The first kappa shape index (κ1) is 15.4. The van der Waals surface area contributed by atoms with Gasteiger partial charge in [-0.3, -0.25) is 0 Å². The van der Waals surface area contributed by atoms with E-state index in [9.17, 15) is 4.79 Å². The normalized spacial score (nSPS) is 18.6. The maximum Gasteiger partial charge on any atom is 0.317 e. The highest BCUT2D eigenvalue weighted by Gasteiger charge is 2.23. The number of nitriles is 1. The van der Waals surface area contributed by atoms with Gasteiger partial charge in [-0.2, -0.15) is 5.26 Å². The molecule has 0 spiro atoms. The number of hydrogen-bond donors (Lipinski definition) is 1. The summed E-state index contributed by atoms with van der Waals surface area (Å²) >= 11 is 0. The van der Waals surface area contributed by atoms with Gasteiger partial charge in [-0.25, -0.2) is 9.78 Å². The van der Waals surface area contributed by atoms with E-state index in [0.29, 0.717) is 19.0 Å². The molecular formula is C15H23N5O. The molecule has 0 aromatic carbocycles. The fourth-order valence-electron chi connectivity index (χ4n) is 2.60. The minimum atomic E-state index is -0.0905. The van der Waals surface area contributed by atoms with Crippen molar-refractivity contribution in [2.45, 2.75) is 39.8 Å². The van der Waals surface area contributed by atoms with Gasteiger partial charge in [-0.15, -0.1) is 0 Å². The Morgan fingerprint density at radius 2 is 2.43 bits per heavy atom. The monoisotopic (exact) mass is 289 g/mol. The largest absolute Gasteiger partial charge is 0.333 e. The Kier molecular flexibility index (Phi) is 5.20. The SMILES string of the molecule is CC(C)Cn1cncc1CNC(=O)N1CCC[C@H](C#N)C1. The summed E-state index contributed by atoms with van der Waals surface area (Å²) in [5.41, 5.74) is 1.01. The van der Waals surface area contributed by atoms with Crippen molar-refractivity contribution < 1.29 is 4.79 Å². The lowest BCUT2D eigenvalue weighted by atomic mass is 10.0. The van der Waals surface area contributed by atoms with Crippen molar-refractivity contribution in [1.82, 2.24) is 19.8 Å². The quantitative estimate of drug-likeness (QED) is 0.921. The summed E-state index contributed by atoms with van der Waals surface area (Å²) in [4.78, 5) is 18.0. The number of likely N-dealkylation sites (tertiary alicyclic amines) is 1. The van der Waals surface area contributed by atoms with Crippen molar-refractivity contribution in [3.63, 3.8) is 0 Å². The molecule has 1 N–H and O–H groups in total. The highest BCUT2D eigenvalue weighted by Crippen LogP contribution is 2.15. The zero-order valence-corrected chi connectivity index (χ0v) is 12.7. The minimum absolute atomic E-state index is 0.0315. The lowest BCUT2D eigenvalue weighted by Crippen LogP contribution is -2.45. The Balaban J connectivity index is 1.87. The molecule has 0 aliphatic carbocycles. The molecule has 2 rings (SSSR count). The molecule has 1 saturated heterocycles. The van der Waals surface area contributed by atoms with Crippen molar-refractivity contribution in [3.8, 4) is 6.07 Å². The highest BCUT2D eigenvalue weighted by molar-refractivity contribution is 5.74. The molecule has 114 valence electrons. The minimum Gasteiger partial charge on any atom is -0.333 e. The van der Waals surface area contributed by atoms with Crippen LogP contribution in [-0.4, -0.2) is 33.6 Å². The summed E-state index contributed by atoms with van der Waals surface area (Å²) in [7, 11) is 0. The standard InChI is InChI=1S/C15H23N5O/c1-12(2)9-20-11-17-7-14(20)8-18-15(21)19-5-3-4-13(6-16)10-19/h7,11-13H,3-5,8-10H2,1-2H3,(H,18,21)/t13-/m1/s1. The van der Waals surface area contributed by atoms with Crippen LogP contribution in [0, 0.1) is 23.2 Å². The van der Waals surface area contributed by atoms with Gasteiger partial charge in [0.25, 0.3) is 0 Å². The molecule has 1 aliphatic heterocycles. The number of imidazole rings is 1. The average Bonchev–Trinajstić information content (AvgIpc) is 2.91. The molecule has 1 aromatic rings. The van der Waals surface area contributed by atoms with Crippen LogP contribution in [0.5, 0.6) is 0 Å².